The fraction of sp³-hybridized carbons (Fsp3) is 0.105. The van der Waals surface area contributed by atoms with Gasteiger partial charge in [0.25, 0.3) is 0 Å². The van der Waals surface area contributed by atoms with Crippen LogP contribution in [0.15, 0.2) is 78.0 Å². The third-order valence-electron chi connectivity index (χ3n) is 3.49. The van der Waals surface area contributed by atoms with E-state index in [1.807, 2.05) is 30.2 Å². The van der Waals surface area contributed by atoms with E-state index in [1.165, 1.54) is 27.1 Å². The van der Waals surface area contributed by atoms with Gasteiger partial charge in [-0.2, -0.15) is 0 Å². The Kier molecular flexibility index (Phi) is 4.37. The van der Waals surface area contributed by atoms with Gasteiger partial charge < -0.3 is 0 Å². The molecule has 0 amide bonds. The molecular formula is C19H17NS. The van der Waals surface area contributed by atoms with Crippen LogP contribution >= 0.6 is 11.8 Å². The normalized spacial score (nSPS) is 10.5. The summed E-state index contributed by atoms with van der Waals surface area (Å²) in [4.78, 5) is 5.55. The second-order valence-corrected chi connectivity index (χ2v) is 5.96. The Morgan fingerprint density at radius 3 is 2.52 bits per heavy atom. The molecule has 1 nitrogen and oxygen atoms in total. The number of aromatic nitrogens is 1. The first kappa shape index (κ1) is 13.9. The summed E-state index contributed by atoms with van der Waals surface area (Å²) in [5.41, 5.74) is 5.12. The maximum absolute atomic E-state index is 4.22. The van der Waals surface area contributed by atoms with Gasteiger partial charge in [-0.3, -0.25) is 4.98 Å². The Morgan fingerprint density at radius 2 is 1.76 bits per heavy atom. The Morgan fingerprint density at radius 1 is 0.905 bits per heavy atom. The maximum Gasteiger partial charge on any atom is 0.0346 e. The van der Waals surface area contributed by atoms with Gasteiger partial charge in [-0.15, -0.1) is 11.8 Å². The zero-order chi connectivity index (χ0) is 14.5. The van der Waals surface area contributed by atoms with Crippen molar-refractivity contribution in [1.82, 2.24) is 4.98 Å². The summed E-state index contributed by atoms with van der Waals surface area (Å²) in [6.45, 7) is 2.19. The summed E-state index contributed by atoms with van der Waals surface area (Å²) >= 11 is 1.89. The molecule has 0 aliphatic carbocycles. The summed E-state index contributed by atoms with van der Waals surface area (Å²) < 4.78 is 0. The van der Waals surface area contributed by atoms with Gasteiger partial charge in [0.15, 0.2) is 0 Å². The van der Waals surface area contributed by atoms with Crippen LogP contribution in [0.2, 0.25) is 0 Å². The minimum atomic E-state index is 0.998. The van der Waals surface area contributed by atoms with Gasteiger partial charge in [-0.1, -0.05) is 48.5 Å². The van der Waals surface area contributed by atoms with Gasteiger partial charge in [-0.05, 0) is 35.7 Å². The molecule has 2 heteroatoms. The van der Waals surface area contributed by atoms with Gasteiger partial charge in [-0.25, -0.2) is 0 Å². The van der Waals surface area contributed by atoms with E-state index in [0.29, 0.717) is 0 Å². The number of hydrogen-bond acceptors (Lipinski definition) is 2. The highest BCUT2D eigenvalue weighted by Gasteiger charge is 2.06. The molecule has 2 aromatic carbocycles. The van der Waals surface area contributed by atoms with E-state index < -0.39 is 0 Å². The zero-order valence-corrected chi connectivity index (χ0v) is 12.8. The zero-order valence-electron chi connectivity index (χ0n) is 12.0. The molecule has 1 aromatic heterocycles. The van der Waals surface area contributed by atoms with Crippen molar-refractivity contribution >= 4 is 11.8 Å². The molecule has 0 aliphatic rings. The van der Waals surface area contributed by atoms with Crippen molar-refractivity contribution in [2.45, 2.75) is 17.6 Å². The van der Waals surface area contributed by atoms with E-state index in [2.05, 4.69) is 66.5 Å². The number of pyridine rings is 1. The molecule has 1 heterocycles. The minimum Gasteiger partial charge on any atom is -0.264 e. The monoisotopic (exact) mass is 291 g/mol. The average Bonchev–Trinajstić information content (AvgIpc) is 2.56. The third-order valence-corrected chi connectivity index (χ3v) is 4.72. The van der Waals surface area contributed by atoms with E-state index in [0.717, 1.165) is 5.75 Å². The lowest BCUT2D eigenvalue weighted by Gasteiger charge is -2.11. The summed E-state index contributed by atoms with van der Waals surface area (Å²) in [5.74, 6) is 0.998. The fourth-order valence-electron chi connectivity index (χ4n) is 2.34. The molecule has 0 bridgehead atoms. The smallest absolute Gasteiger partial charge is 0.0346 e. The minimum absolute atomic E-state index is 0.998. The van der Waals surface area contributed by atoms with Gasteiger partial charge in [0.1, 0.15) is 0 Å². The van der Waals surface area contributed by atoms with Crippen molar-refractivity contribution in [2.75, 3.05) is 0 Å². The topological polar surface area (TPSA) is 12.9 Å². The second kappa shape index (κ2) is 6.59. The molecular weight excluding hydrogens is 274 g/mol. The van der Waals surface area contributed by atoms with Crippen LogP contribution in [0.5, 0.6) is 0 Å². The highest BCUT2D eigenvalue weighted by atomic mass is 32.2. The van der Waals surface area contributed by atoms with Crippen LogP contribution in [-0.2, 0) is 5.75 Å². The van der Waals surface area contributed by atoms with Crippen LogP contribution < -0.4 is 0 Å². The highest BCUT2D eigenvalue weighted by Crippen LogP contribution is 2.32. The summed E-state index contributed by atoms with van der Waals surface area (Å²) in [6.07, 6.45) is 3.74. The molecule has 0 N–H and O–H groups in total. The molecule has 0 saturated carbocycles. The Balaban J connectivity index is 1.84. The Hall–Kier alpha value is -2.06. The lowest BCUT2D eigenvalue weighted by atomic mass is 10.0. The largest absolute Gasteiger partial charge is 0.264 e. The molecule has 21 heavy (non-hydrogen) atoms. The summed E-state index contributed by atoms with van der Waals surface area (Å²) in [5, 5.41) is 0. The number of thioether (sulfide) groups is 1. The predicted octanol–water partition coefficient (Wildman–Crippen LogP) is 5.35. The van der Waals surface area contributed by atoms with Gasteiger partial charge in [0.05, 0.1) is 0 Å². The average molecular weight is 291 g/mol. The predicted molar refractivity (Wildman–Crippen MR) is 90.4 cm³/mol. The van der Waals surface area contributed by atoms with E-state index in [-0.39, 0.29) is 0 Å². The molecule has 3 rings (SSSR count). The standard InChI is InChI=1S/C19H17NS/c1-15-18(17-9-6-12-20-13-17)10-5-11-19(15)21-14-16-7-3-2-4-8-16/h2-13H,14H2,1H3. The molecule has 0 unspecified atom stereocenters. The van der Waals surface area contributed by atoms with Gasteiger partial charge >= 0.3 is 0 Å². The highest BCUT2D eigenvalue weighted by molar-refractivity contribution is 7.98. The third kappa shape index (κ3) is 3.34. The fourth-order valence-corrected chi connectivity index (χ4v) is 3.36. The van der Waals surface area contributed by atoms with Crippen molar-refractivity contribution in [2.24, 2.45) is 0 Å². The van der Waals surface area contributed by atoms with Crippen molar-refractivity contribution < 1.29 is 0 Å². The molecule has 0 fully saturated rings. The lowest BCUT2D eigenvalue weighted by Crippen LogP contribution is -1.88. The van der Waals surface area contributed by atoms with Crippen molar-refractivity contribution in [1.29, 1.82) is 0 Å². The first-order chi connectivity index (χ1) is 10.3. The molecule has 104 valence electrons. The lowest BCUT2D eigenvalue weighted by molar-refractivity contribution is 1.27. The van der Waals surface area contributed by atoms with Gasteiger partial charge in [0, 0.05) is 28.6 Å². The van der Waals surface area contributed by atoms with Crippen LogP contribution in [0.1, 0.15) is 11.1 Å². The molecule has 0 spiro atoms. The van der Waals surface area contributed by atoms with E-state index in [9.17, 15) is 0 Å². The number of rotatable bonds is 4. The number of nitrogens with zero attached hydrogens (tertiary/aromatic N) is 1. The first-order valence-corrected chi connectivity index (χ1v) is 8.00. The number of benzene rings is 2. The van der Waals surface area contributed by atoms with Crippen molar-refractivity contribution in [3.8, 4) is 11.1 Å². The summed E-state index contributed by atoms with van der Waals surface area (Å²) in [7, 11) is 0. The molecule has 0 aliphatic heterocycles. The van der Waals surface area contributed by atoms with E-state index >= 15 is 0 Å². The van der Waals surface area contributed by atoms with E-state index in [4.69, 9.17) is 0 Å². The second-order valence-electron chi connectivity index (χ2n) is 4.94. The Bertz CT molecular complexity index is 708. The quantitative estimate of drug-likeness (QED) is 0.601. The summed E-state index contributed by atoms with van der Waals surface area (Å²) in [6, 6.07) is 21.2. The molecule has 3 aromatic rings. The first-order valence-electron chi connectivity index (χ1n) is 7.01. The van der Waals surface area contributed by atoms with E-state index in [1.54, 1.807) is 0 Å². The van der Waals surface area contributed by atoms with Crippen LogP contribution in [0.4, 0.5) is 0 Å². The van der Waals surface area contributed by atoms with Crippen LogP contribution in [0.25, 0.3) is 11.1 Å². The van der Waals surface area contributed by atoms with Crippen molar-refractivity contribution in [3.63, 3.8) is 0 Å². The van der Waals surface area contributed by atoms with Crippen LogP contribution in [0, 0.1) is 6.92 Å². The van der Waals surface area contributed by atoms with Crippen LogP contribution in [-0.4, -0.2) is 4.98 Å². The van der Waals surface area contributed by atoms with Crippen molar-refractivity contribution in [3.05, 3.63) is 84.2 Å². The maximum atomic E-state index is 4.22. The number of hydrogen-bond donors (Lipinski definition) is 0. The van der Waals surface area contributed by atoms with Crippen LogP contribution in [0.3, 0.4) is 0 Å². The SMILES string of the molecule is Cc1c(SCc2ccccc2)cccc1-c1cccnc1. The molecule has 0 saturated heterocycles. The molecule has 0 atom stereocenters. The van der Waals surface area contributed by atoms with Gasteiger partial charge in [0.2, 0.25) is 0 Å². The molecule has 0 radical (unpaired) electrons. The Labute approximate surface area is 130 Å².